The third kappa shape index (κ3) is 4.26. The van der Waals surface area contributed by atoms with Gasteiger partial charge in [-0.15, -0.1) is 18.3 Å². The summed E-state index contributed by atoms with van der Waals surface area (Å²) in [6.45, 7) is 7.90. The number of aliphatic hydroxyl groups excluding tert-OH is 1. The lowest BCUT2D eigenvalue weighted by Gasteiger charge is -2.42. The standard InChI is InChI=1S/C34H36N2O5S/c1-4-17-35(25-16-15-22-11-9-10-14-24(22)19-25)32(39)30-34-21(3)18-27(42-34)28(33(40)41-5-2)29(34)31(38)36(30)26(20-37)23-12-7-6-8-13-23/h4,6-16,19,21,26-30,37H,1,5,17-18,20H2,2-3H3/t21?,26-,27-,28+,29+,30?,34?/m1/s1. The van der Waals surface area contributed by atoms with Crippen molar-refractivity contribution < 1.29 is 24.2 Å². The second-order valence-corrected chi connectivity index (χ2v) is 13.0. The smallest absolute Gasteiger partial charge is 0.310 e. The molecule has 7 nitrogen and oxygen atoms in total. The van der Waals surface area contributed by atoms with Crippen LogP contribution < -0.4 is 4.90 Å². The lowest BCUT2D eigenvalue weighted by molar-refractivity contribution is -0.154. The zero-order valence-electron chi connectivity index (χ0n) is 23.9. The van der Waals surface area contributed by atoms with Crippen LogP contribution in [0.15, 0.2) is 85.5 Å². The number of hydrogen-bond acceptors (Lipinski definition) is 6. The number of fused-ring (bicyclic) bond motifs is 2. The fraction of sp³-hybridized carbons (Fsp3) is 0.382. The van der Waals surface area contributed by atoms with Crippen LogP contribution >= 0.6 is 11.8 Å². The minimum absolute atomic E-state index is 0.0108. The van der Waals surface area contributed by atoms with Crippen molar-refractivity contribution in [2.75, 3.05) is 24.7 Å². The van der Waals surface area contributed by atoms with Gasteiger partial charge in [-0.05, 0) is 47.7 Å². The molecule has 2 bridgehead atoms. The second kappa shape index (κ2) is 11.2. The fourth-order valence-electron chi connectivity index (χ4n) is 7.55. The SMILES string of the molecule is C=CCN(C(=O)C1N([C@H](CO)c2ccccc2)C(=O)[C@@H]2[C@@H](C(=O)OCC)[C@H]3CC(C)C12S3)c1ccc2ccccc2c1. The number of ether oxygens (including phenoxy) is 1. The number of likely N-dealkylation sites (tertiary alicyclic amines) is 1. The van der Waals surface area contributed by atoms with E-state index >= 15 is 4.79 Å². The van der Waals surface area contributed by atoms with Crippen molar-refractivity contribution in [3.8, 4) is 0 Å². The third-order valence-corrected chi connectivity index (χ3v) is 11.4. The number of rotatable bonds is 9. The minimum Gasteiger partial charge on any atom is -0.466 e. The van der Waals surface area contributed by atoms with Crippen molar-refractivity contribution in [1.29, 1.82) is 0 Å². The average Bonchev–Trinajstić information content (AvgIpc) is 3.60. The fourth-order valence-corrected chi connectivity index (χ4v) is 9.94. The van der Waals surface area contributed by atoms with Crippen LogP contribution in [0, 0.1) is 17.8 Å². The molecule has 3 unspecified atom stereocenters. The van der Waals surface area contributed by atoms with Crippen LogP contribution in [0.3, 0.4) is 0 Å². The number of benzene rings is 3. The zero-order valence-corrected chi connectivity index (χ0v) is 24.7. The highest BCUT2D eigenvalue weighted by molar-refractivity contribution is 8.02. The van der Waals surface area contributed by atoms with Gasteiger partial charge < -0.3 is 19.6 Å². The molecule has 3 aromatic rings. The van der Waals surface area contributed by atoms with Gasteiger partial charge in [0, 0.05) is 17.5 Å². The van der Waals surface area contributed by atoms with Gasteiger partial charge in [0.1, 0.15) is 6.04 Å². The number of amides is 2. The van der Waals surface area contributed by atoms with E-state index < -0.39 is 28.7 Å². The number of anilines is 1. The van der Waals surface area contributed by atoms with Crippen molar-refractivity contribution in [2.24, 2.45) is 17.8 Å². The lowest BCUT2D eigenvalue weighted by Crippen LogP contribution is -2.58. The molecule has 3 saturated heterocycles. The normalized spacial score (nSPS) is 28.5. The number of carbonyl (C=O) groups is 3. The first-order valence-electron chi connectivity index (χ1n) is 14.6. The summed E-state index contributed by atoms with van der Waals surface area (Å²) < 4.78 is 4.65. The Bertz CT molecular complexity index is 1530. The first-order chi connectivity index (χ1) is 20.4. The molecule has 3 aromatic carbocycles. The molecule has 3 aliphatic heterocycles. The van der Waals surface area contributed by atoms with Gasteiger partial charge >= 0.3 is 5.97 Å². The van der Waals surface area contributed by atoms with E-state index in [2.05, 4.69) is 13.5 Å². The number of thioether (sulfide) groups is 1. The van der Waals surface area contributed by atoms with Crippen molar-refractivity contribution in [1.82, 2.24) is 4.90 Å². The molecule has 2 amide bonds. The van der Waals surface area contributed by atoms with Crippen LogP contribution in [0.2, 0.25) is 0 Å². The molecule has 0 saturated carbocycles. The maximum Gasteiger partial charge on any atom is 0.310 e. The minimum atomic E-state index is -0.900. The van der Waals surface area contributed by atoms with E-state index in [-0.39, 0.29) is 48.7 Å². The van der Waals surface area contributed by atoms with Gasteiger partial charge in [-0.3, -0.25) is 14.4 Å². The Morgan fingerprint density at radius 1 is 1.14 bits per heavy atom. The molecular weight excluding hydrogens is 548 g/mol. The maximum atomic E-state index is 15.0. The Morgan fingerprint density at radius 3 is 2.55 bits per heavy atom. The van der Waals surface area contributed by atoms with Crippen molar-refractivity contribution in [3.05, 3.63) is 91.0 Å². The highest BCUT2D eigenvalue weighted by Crippen LogP contribution is 2.69. The van der Waals surface area contributed by atoms with E-state index in [1.807, 2.05) is 72.8 Å². The predicted octanol–water partition coefficient (Wildman–Crippen LogP) is 4.99. The molecular formula is C34H36N2O5S. The maximum absolute atomic E-state index is 15.0. The largest absolute Gasteiger partial charge is 0.466 e. The van der Waals surface area contributed by atoms with Gasteiger partial charge in [0.2, 0.25) is 5.91 Å². The summed E-state index contributed by atoms with van der Waals surface area (Å²) in [6.07, 6.45) is 2.40. The summed E-state index contributed by atoms with van der Waals surface area (Å²) in [5.74, 6) is -2.25. The highest BCUT2D eigenvalue weighted by atomic mass is 32.2. The molecule has 1 N–H and O–H groups in total. The van der Waals surface area contributed by atoms with Crippen molar-refractivity contribution in [3.63, 3.8) is 0 Å². The Hall–Kier alpha value is -3.62. The first-order valence-corrected chi connectivity index (χ1v) is 15.5. The van der Waals surface area contributed by atoms with Crippen LogP contribution in [0.5, 0.6) is 0 Å². The summed E-state index contributed by atoms with van der Waals surface area (Å²) in [7, 11) is 0. The van der Waals surface area contributed by atoms with E-state index in [9.17, 15) is 14.7 Å². The van der Waals surface area contributed by atoms with E-state index in [0.717, 1.165) is 16.3 Å². The molecule has 3 aliphatic rings. The van der Waals surface area contributed by atoms with E-state index in [1.54, 1.807) is 34.6 Å². The monoisotopic (exact) mass is 584 g/mol. The van der Waals surface area contributed by atoms with Gasteiger partial charge in [-0.2, -0.15) is 0 Å². The van der Waals surface area contributed by atoms with Gasteiger partial charge in [0.15, 0.2) is 0 Å². The van der Waals surface area contributed by atoms with Gasteiger partial charge in [0.25, 0.3) is 5.91 Å². The summed E-state index contributed by atoms with van der Waals surface area (Å²) >= 11 is 1.60. The van der Waals surface area contributed by atoms with Crippen LogP contribution in [0.4, 0.5) is 5.69 Å². The number of carbonyl (C=O) groups excluding carboxylic acids is 3. The van der Waals surface area contributed by atoms with Crippen LogP contribution in [0.25, 0.3) is 10.8 Å². The molecule has 8 heteroatoms. The van der Waals surface area contributed by atoms with Crippen LogP contribution in [-0.2, 0) is 19.1 Å². The van der Waals surface area contributed by atoms with E-state index in [1.165, 1.54) is 0 Å². The van der Waals surface area contributed by atoms with Crippen molar-refractivity contribution >= 4 is 46.0 Å². The average molecular weight is 585 g/mol. The molecule has 0 aliphatic carbocycles. The molecule has 7 atom stereocenters. The summed E-state index contributed by atoms with van der Waals surface area (Å²) in [5.41, 5.74) is 1.45. The Balaban J connectivity index is 1.51. The Kier molecular flexibility index (Phi) is 7.62. The van der Waals surface area contributed by atoms with Crippen molar-refractivity contribution in [2.45, 2.75) is 42.3 Å². The molecule has 0 aromatic heterocycles. The van der Waals surface area contributed by atoms with Gasteiger partial charge in [-0.1, -0.05) is 73.7 Å². The van der Waals surface area contributed by atoms with Gasteiger partial charge in [0.05, 0.1) is 35.8 Å². The molecule has 42 heavy (non-hydrogen) atoms. The number of esters is 1. The number of nitrogens with zero attached hydrogens (tertiary/aromatic N) is 2. The molecule has 1 spiro atoms. The highest BCUT2D eigenvalue weighted by Gasteiger charge is 2.77. The van der Waals surface area contributed by atoms with Gasteiger partial charge in [-0.25, -0.2) is 0 Å². The molecule has 3 fully saturated rings. The molecule has 3 heterocycles. The lowest BCUT2D eigenvalue weighted by atomic mass is 9.66. The summed E-state index contributed by atoms with van der Waals surface area (Å²) in [5, 5.41) is 12.7. The van der Waals surface area contributed by atoms with Crippen LogP contribution in [0.1, 0.15) is 31.9 Å². The number of aliphatic hydroxyl groups is 1. The second-order valence-electron chi connectivity index (χ2n) is 11.4. The molecule has 6 rings (SSSR count). The molecule has 218 valence electrons. The number of hydrogen-bond donors (Lipinski definition) is 1. The van der Waals surface area contributed by atoms with E-state index in [4.69, 9.17) is 4.74 Å². The predicted molar refractivity (Wildman–Crippen MR) is 165 cm³/mol. The Morgan fingerprint density at radius 2 is 1.86 bits per heavy atom. The van der Waals surface area contributed by atoms with E-state index in [0.29, 0.717) is 12.1 Å². The third-order valence-electron chi connectivity index (χ3n) is 9.29. The topological polar surface area (TPSA) is 87.2 Å². The quantitative estimate of drug-likeness (QED) is 0.282. The Labute approximate surface area is 250 Å². The summed E-state index contributed by atoms with van der Waals surface area (Å²) in [6, 6.07) is 21.5. The summed E-state index contributed by atoms with van der Waals surface area (Å²) in [4.78, 5) is 46.3. The first kappa shape index (κ1) is 28.5. The zero-order chi connectivity index (χ0) is 29.6. The molecule has 0 radical (unpaired) electrons. The van der Waals surface area contributed by atoms with Crippen LogP contribution in [-0.4, -0.2) is 63.6 Å².